The minimum absolute atomic E-state index is 0.209. The molecule has 0 saturated heterocycles. The minimum Gasteiger partial charge on any atom is -0.256 e. The number of hydrogen-bond acceptors (Lipinski definition) is 1. The highest BCUT2D eigenvalue weighted by molar-refractivity contribution is 5.58. The maximum absolute atomic E-state index is 13.2. The summed E-state index contributed by atoms with van der Waals surface area (Å²) in [5, 5.41) is 0. The molecule has 0 saturated carbocycles. The second kappa shape index (κ2) is 3.58. The van der Waals surface area contributed by atoms with Gasteiger partial charge < -0.3 is 0 Å². The summed E-state index contributed by atoms with van der Waals surface area (Å²) in [5.74, 6) is -0.209. The third-order valence-corrected chi connectivity index (χ3v) is 2.11. The summed E-state index contributed by atoms with van der Waals surface area (Å²) in [5.41, 5.74) is 2.18. The summed E-state index contributed by atoms with van der Waals surface area (Å²) < 4.78 is 13.2. The minimum atomic E-state index is -0.209. The van der Waals surface area contributed by atoms with Crippen molar-refractivity contribution in [3.63, 3.8) is 0 Å². The van der Waals surface area contributed by atoms with E-state index in [9.17, 15) is 4.39 Å². The Morgan fingerprint density at radius 1 is 1.14 bits per heavy atom. The molecule has 1 aromatic heterocycles. The van der Waals surface area contributed by atoms with E-state index in [1.54, 1.807) is 13.1 Å². The van der Waals surface area contributed by atoms with Crippen LogP contribution < -0.4 is 0 Å². The van der Waals surface area contributed by atoms with Crippen molar-refractivity contribution >= 4 is 0 Å². The van der Waals surface area contributed by atoms with Crippen molar-refractivity contribution in [2.45, 2.75) is 6.92 Å². The number of hydrogen-bond donors (Lipinski definition) is 0. The summed E-state index contributed by atoms with van der Waals surface area (Å²) in [6, 6.07) is 11.0. The zero-order valence-electron chi connectivity index (χ0n) is 7.87. The first kappa shape index (κ1) is 8.88. The molecule has 0 amide bonds. The lowest BCUT2D eigenvalue weighted by Crippen LogP contribution is -1.88. The Labute approximate surface area is 82.2 Å². The molecule has 2 rings (SSSR count). The van der Waals surface area contributed by atoms with Crippen LogP contribution in [-0.2, 0) is 0 Å². The number of halogens is 1. The van der Waals surface area contributed by atoms with Gasteiger partial charge in [-0.25, -0.2) is 4.39 Å². The van der Waals surface area contributed by atoms with E-state index in [4.69, 9.17) is 0 Å². The largest absolute Gasteiger partial charge is 0.256 e. The highest BCUT2D eigenvalue weighted by Crippen LogP contribution is 2.18. The fraction of sp³-hybridized carbons (Fsp3) is 0.0833. The van der Waals surface area contributed by atoms with Crippen molar-refractivity contribution in [2.75, 3.05) is 0 Å². The molecule has 0 unspecified atom stereocenters. The molecule has 2 heteroatoms. The quantitative estimate of drug-likeness (QED) is 0.668. The van der Waals surface area contributed by atoms with Crippen LogP contribution >= 0.6 is 0 Å². The molecular weight excluding hydrogens is 177 g/mol. The maximum Gasteiger partial charge on any atom is 0.129 e. The standard InChI is InChI=1S/C12H10FN/c1-9-8-14-12(7-11(9)13)10-5-3-2-4-6-10/h2-8H,1H3. The van der Waals surface area contributed by atoms with Crippen LogP contribution in [0.1, 0.15) is 5.56 Å². The van der Waals surface area contributed by atoms with Crippen LogP contribution in [-0.4, -0.2) is 4.98 Å². The molecule has 1 heterocycles. The molecule has 0 aliphatic heterocycles. The number of pyridine rings is 1. The molecule has 0 N–H and O–H groups in total. The van der Waals surface area contributed by atoms with Crippen LogP contribution in [0.3, 0.4) is 0 Å². The fourth-order valence-electron chi connectivity index (χ4n) is 1.27. The zero-order chi connectivity index (χ0) is 9.97. The van der Waals surface area contributed by atoms with Gasteiger partial charge in [0.05, 0.1) is 5.69 Å². The predicted octanol–water partition coefficient (Wildman–Crippen LogP) is 3.20. The molecule has 0 aliphatic rings. The first-order valence-corrected chi connectivity index (χ1v) is 4.45. The van der Waals surface area contributed by atoms with Crippen molar-refractivity contribution in [3.05, 3.63) is 54.0 Å². The van der Waals surface area contributed by atoms with E-state index in [-0.39, 0.29) is 5.82 Å². The fourth-order valence-corrected chi connectivity index (χ4v) is 1.27. The third-order valence-electron chi connectivity index (χ3n) is 2.11. The van der Waals surface area contributed by atoms with Crippen molar-refractivity contribution in [2.24, 2.45) is 0 Å². The molecule has 0 fully saturated rings. The monoisotopic (exact) mass is 187 g/mol. The van der Waals surface area contributed by atoms with Crippen molar-refractivity contribution in [1.29, 1.82) is 0 Å². The molecule has 0 spiro atoms. The van der Waals surface area contributed by atoms with Gasteiger partial charge in [-0.2, -0.15) is 0 Å². The van der Waals surface area contributed by atoms with Gasteiger partial charge in [0, 0.05) is 23.4 Å². The summed E-state index contributed by atoms with van der Waals surface area (Å²) >= 11 is 0. The topological polar surface area (TPSA) is 12.9 Å². The first-order valence-electron chi connectivity index (χ1n) is 4.45. The van der Waals surface area contributed by atoms with Gasteiger partial charge >= 0.3 is 0 Å². The van der Waals surface area contributed by atoms with Gasteiger partial charge in [0.2, 0.25) is 0 Å². The van der Waals surface area contributed by atoms with E-state index >= 15 is 0 Å². The Hall–Kier alpha value is -1.70. The molecule has 1 aromatic carbocycles. The Morgan fingerprint density at radius 2 is 1.86 bits per heavy atom. The lowest BCUT2D eigenvalue weighted by molar-refractivity contribution is 0.616. The van der Waals surface area contributed by atoms with Crippen LogP contribution in [0.25, 0.3) is 11.3 Å². The van der Waals surface area contributed by atoms with Gasteiger partial charge in [-0.1, -0.05) is 30.3 Å². The first-order chi connectivity index (χ1) is 6.77. The summed E-state index contributed by atoms with van der Waals surface area (Å²) in [4.78, 5) is 4.17. The van der Waals surface area contributed by atoms with Crippen molar-refractivity contribution in [1.82, 2.24) is 4.98 Å². The van der Waals surface area contributed by atoms with Crippen LogP contribution in [0.15, 0.2) is 42.6 Å². The molecule has 0 atom stereocenters. The van der Waals surface area contributed by atoms with Crippen molar-refractivity contribution in [3.8, 4) is 11.3 Å². The Bertz CT molecular complexity index is 437. The van der Waals surface area contributed by atoms with Gasteiger partial charge in [-0.05, 0) is 6.92 Å². The lowest BCUT2D eigenvalue weighted by atomic mass is 10.1. The van der Waals surface area contributed by atoms with E-state index in [1.165, 1.54) is 6.07 Å². The van der Waals surface area contributed by atoms with Gasteiger partial charge in [-0.3, -0.25) is 4.98 Å². The molecule has 0 radical (unpaired) electrons. The van der Waals surface area contributed by atoms with Crippen molar-refractivity contribution < 1.29 is 4.39 Å². The Balaban J connectivity index is 2.48. The van der Waals surface area contributed by atoms with Crippen LogP contribution in [0.4, 0.5) is 4.39 Å². The number of rotatable bonds is 1. The second-order valence-electron chi connectivity index (χ2n) is 3.18. The molecule has 0 aliphatic carbocycles. The molecule has 1 nitrogen and oxygen atoms in total. The van der Waals surface area contributed by atoms with Gasteiger partial charge in [0.15, 0.2) is 0 Å². The third kappa shape index (κ3) is 1.64. The lowest BCUT2D eigenvalue weighted by Gasteiger charge is -2.01. The molecule has 0 bridgehead atoms. The molecule has 14 heavy (non-hydrogen) atoms. The SMILES string of the molecule is Cc1cnc(-c2ccccc2)cc1F. The predicted molar refractivity (Wildman–Crippen MR) is 54.4 cm³/mol. The number of aromatic nitrogens is 1. The van der Waals surface area contributed by atoms with Crippen LogP contribution in [0.5, 0.6) is 0 Å². The highest BCUT2D eigenvalue weighted by Gasteiger charge is 2.02. The Morgan fingerprint density at radius 3 is 2.50 bits per heavy atom. The van der Waals surface area contributed by atoms with E-state index in [2.05, 4.69) is 4.98 Å². The number of benzene rings is 1. The summed E-state index contributed by atoms with van der Waals surface area (Å²) in [7, 11) is 0. The van der Waals surface area contributed by atoms with Gasteiger partial charge in [0.1, 0.15) is 5.82 Å². The molecular formula is C12H10FN. The van der Waals surface area contributed by atoms with E-state index in [1.807, 2.05) is 30.3 Å². The molecule has 2 aromatic rings. The van der Waals surface area contributed by atoms with Gasteiger partial charge in [0.25, 0.3) is 0 Å². The average Bonchev–Trinajstić information content (AvgIpc) is 2.23. The van der Waals surface area contributed by atoms with E-state index in [0.29, 0.717) is 11.3 Å². The van der Waals surface area contributed by atoms with E-state index < -0.39 is 0 Å². The maximum atomic E-state index is 13.2. The number of nitrogens with zero attached hydrogens (tertiary/aromatic N) is 1. The average molecular weight is 187 g/mol. The zero-order valence-corrected chi connectivity index (χ0v) is 7.87. The molecule has 70 valence electrons. The van der Waals surface area contributed by atoms with Gasteiger partial charge in [-0.15, -0.1) is 0 Å². The highest BCUT2D eigenvalue weighted by atomic mass is 19.1. The van der Waals surface area contributed by atoms with Crippen LogP contribution in [0.2, 0.25) is 0 Å². The smallest absolute Gasteiger partial charge is 0.129 e. The van der Waals surface area contributed by atoms with Crippen LogP contribution in [0, 0.1) is 12.7 Å². The summed E-state index contributed by atoms with van der Waals surface area (Å²) in [6.07, 6.45) is 1.55. The number of aryl methyl sites for hydroxylation is 1. The Kier molecular flexibility index (Phi) is 2.27. The summed E-state index contributed by atoms with van der Waals surface area (Å²) in [6.45, 7) is 1.71. The van der Waals surface area contributed by atoms with E-state index in [0.717, 1.165) is 5.56 Å². The normalized spacial score (nSPS) is 10.1. The second-order valence-corrected chi connectivity index (χ2v) is 3.18.